The summed E-state index contributed by atoms with van der Waals surface area (Å²) in [4.78, 5) is 21.4. The maximum absolute atomic E-state index is 11.9. The molecule has 4 aliphatic carbocycles. The van der Waals surface area contributed by atoms with Crippen LogP contribution in [0.5, 0.6) is 0 Å². The Kier molecular flexibility index (Phi) is 9.60. The van der Waals surface area contributed by atoms with Crippen LogP contribution in [-0.4, -0.2) is 80.5 Å². The van der Waals surface area contributed by atoms with E-state index in [1.165, 1.54) is 63.4 Å². The fourth-order valence-electron chi connectivity index (χ4n) is 14.1. The molecule has 6 aliphatic rings. The number of nitrogens with zero attached hydrogens (tertiary/aromatic N) is 3. The van der Waals surface area contributed by atoms with Gasteiger partial charge >= 0.3 is 0 Å². The summed E-state index contributed by atoms with van der Waals surface area (Å²) < 4.78 is 23.8. The molecule has 0 bridgehead atoms. The zero-order valence-electron chi connectivity index (χ0n) is 32.6. The Hall–Kier alpha value is -1.97. The number of sulfone groups is 1. The molecule has 51 heavy (non-hydrogen) atoms. The highest BCUT2D eigenvalue weighted by molar-refractivity contribution is 7.91. The molecular weight excluding hydrogens is 655 g/mol. The SMILES string of the molecule is C=C(C)[C@@H]1CC[C@]2(CNCCCN3CCS(=O)(=O)CC3)CC[C@]3(C)[C@H](CC[C@@H]4[C@@]5(C)CCN(c6ccc(C(N)=O)cn6)C(C)(C)[C@@H]5CC[C@]43C)[C@@H]12. The van der Waals surface area contributed by atoms with Gasteiger partial charge in [-0.15, -0.1) is 0 Å². The molecule has 0 spiro atoms. The number of anilines is 1. The number of allylic oxidation sites excluding steroid dienone is 1. The minimum Gasteiger partial charge on any atom is -0.366 e. The van der Waals surface area contributed by atoms with E-state index in [0.29, 0.717) is 70.1 Å². The molecule has 2 aliphatic heterocycles. The molecule has 9 atom stereocenters. The summed E-state index contributed by atoms with van der Waals surface area (Å²) in [5.74, 6) is 4.49. The third kappa shape index (κ3) is 6.02. The van der Waals surface area contributed by atoms with Gasteiger partial charge in [0.2, 0.25) is 5.91 Å². The first-order valence-corrected chi connectivity index (χ1v) is 22.1. The molecule has 1 aromatic rings. The van der Waals surface area contributed by atoms with Crippen LogP contribution in [0.1, 0.15) is 116 Å². The number of primary amides is 1. The monoisotopic (exact) mass is 721 g/mol. The van der Waals surface area contributed by atoms with Gasteiger partial charge < -0.3 is 20.9 Å². The molecule has 0 aromatic carbocycles. The number of pyridine rings is 1. The zero-order valence-corrected chi connectivity index (χ0v) is 33.4. The van der Waals surface area contributed by atoms with Gasteiger partial charge in [-0.1, -0.05) is 32.9 Å². The molecular formula is C42H67N5O3S. The fourth-order valence-corrected chi connectivity index (χ4v) is 15.4. The third-order valence-electron chi connectivity index (χ3n) is 17.0. The van der Waals surface area contributed by atoms with E-state index in [1.807, 2.05) is 12.1 Å². The van der Waals surface area contributed by atoms with Crippen LogP contribution < -0.4 is 16.0 Å². The van der Waals surface area contributed by atoms with Crippen LogP contribution in [0.2, 0.25) is 0 Å². The van der Waals surface area contributed by atoms with Gasteiger partial charge in [-0.05, 0) is 161 Å². The summed E-state index contributed by atoms with van der Waals surface area (Å²) in [6.45, 7) is 25.4. The van der Waals surface area contributed by atoms with Crippen molar-refractivity contribution in [1.29, 1.82) is 0 Å². The second-order valence-electron chi connectivity index (χ2n) is 19.4. The lowest BCUT2D eigenvalue weighted by Gasteiger charge is -2.73. The molecule has 3 N–H and O–H groups in total. The number of carbonyl (C=O) groups is 1. The van der Waals surface area contributed by atoms with Crippen molar-refractivity contribution < 1.29 is 13.2 Å². The minimum absolute atomic E-state index is 0.0388. The highest BCUT2D eigenvalue weighted by Gasteiger charge is 2.70. The molecule has 7 rings (SSSR count). The average Bonchev–Trinajstić information content (AvgIpc) is 3.45. The molecule has 1 amide bonds. The van der Waals surface area contributed by atoms with Gasteiger partial charge in [-0.2, -0.15) is 0 Å². The number of aromatic nitrogens is 1. The number of amides is 1. The normalized spacial score (nSPS) is 41.5. The number of fused-ring (bicyclic) bond motifs is 7. The first-order chi connectivity index (χ1) is 24.0. The van der Waals surface area contributed by atoms with Crippen molar-refractivity contribution in [2.75, 3.05) is 55.7 Å². The first kappa shape index (κ1) is 37.3. The molecule has 8 nitrogen and oxygen atoms in total. The number of carbonyl (C=O) groups excluding carboxylic acids is 1. The van der Waals surface area contributed by atoms with E-state index in [-0.39, 0.29) is 11.0 Å². The lowest BCUT2D eigenvalue weighted by Crippen LogP contribution is -2.70. The lowest BCUT2D eigenvalue weighted by atomic mass is 9.33. The van der Waals surface area contributed by atoms with Crippen molar-refractivity contribution in [1.82, 2.24) is 15.2 Å². The molecule has 0 unspecified atom stereocenters. The van der Waals surface area contributed by atoms with Crippen LogP contribution in [0, 0.1) is 51.2 Å². The summed E-state index contributed by atoms with van der Waals surface area (Å²) in [5, 5.41) is 3.98. The zero-order chi connectivity index (χ0) is 36.6. The fraction of sp³-hybridized carbons (Fsp3) is 0.810. The predicted octanol–water partition coefficient (Wildman–Crippen LogP) is 6.72. The predicted molar refractivity (Wildman–Crippen MR) is 207 cm³/mol. The van der Waals surface area contributed by atoms with E-state index in [1.54, 1.807) is 6.20 Å². The van der Waals surface area contributed by atoms with Crippen molar-refractivity contribution in [3.05, 3.63) is 36.0 Å². The quantitative estimate of drug-likeness (QED) is 0.216. The van der Waals surface area contributed by atoms with Crippen LogP contribution in [0.15, 0.2) is 30.5 Å². The largest absolute Gasteiger partial charge is 0.366 e. The Balaban J connectivity index is 1.08. The number of hydrogen-bond acceptors (Lipinski definition) is 7. The minimum atomic E-state index is -2.83. The molecule has 3 heterocycles. The average molecular weight is 722 g/mol. The molecule has 2 saturated heterocycles. The lowest BCUT2D eigenvalue weighted by molar-refractivity contribution is -0.227. The topological polar surface area (TPSA) is 109 Å². The Bertz CT molecular complexity index is 1600. The van der Waals surface area contributed by atoms with E-state index in [9.17, 15) is 13.2 Å². The van der Waals surface area contributed by atoms with E-state index < -0.39 is 15.7 Å². The van der Waals surface area contributed by atoms with E-state index in [4.69, 9.17) is 10.7 Å². The van der Waals surface area contributed by atoms with Crippen molar-refractivity contribution in [2.45, 2.75) is 111 Å². The summed E-state index contributed by atoms with van der Waals surface area (Å²) in [6.07, 6.45) is 14.4. The Labute approximate surface area is 309 Å². The van der Waals surface area contributed by atoms with Crippen LogP contribution in [0.25, 0.3) is 0 Å². The van der Waals surface area contributed by atoms with Crippen LogP contribution >= 0.6 is 0 Å². The van der Waals surface area contributed by atoms with Gasteiger partial charge in [0, 0.05) is 37.9 Å². The maximum atomic E-state index is 11.9. The molecule has 9 heteroatoms. The van der Waals surface area contributed by atoms with Gasteiger partial charge in [0.05, 0.1) is 17.1 Å². The first-order valence-electron chi connectivity index (χ1n) is 20.3. The molecule has 6 fully saturated rings. The number of nitrogens with one attached hydrogen (secondary N) is 1. The summed E-state index contributed by atoms with van der Waals surface area (Å²) in [6, 6.07) is 3.83. The van der Waals surface area contributed by atoms with Gasteiger partial charge in [0.25, 0.3) is 0 Å². The number of rotatable bonds is 9. The number of piperidine rings is 1. The number of nitrogens with two attached hydrogens (primary N) is 1. The Morgan fingerprint density at radius 3 is 2.35 bits per heavy atom. The molecule has 0 radical (unpaired) electrons. The van der Waals surface area contributed by atoms with Crippen molar-refractivity contribution in [3.8, 4) is 0 Å². The summed E-state index contributed by atoms with van der Waals surface area (Å²) in [7, 11) is -2.83. The van der Waals surface area contributed by atoms with Crippen LogP contribution in [0.4, 0.5) is 5.82 Å². The van der Waals surface area contributed by atoms with Gasteiger partial charge in [-0.25, -0.2) is 13.4 Å². The second kappa shape index (κ2) is 13.1. The Morgan fingerprint density at radius 2 is 1.69 bits per heavy atom. The molecule has 1 aromatic heterocycles. The van der Waals surface area contributed by atoms with Crippen molar-refractivity contribution in [2.24, 2.45) is 57.0 Å². The smallest absolute Gasteiger partial charge is 0.250 e. The summed E-state index contributed by atoms with van der Waals surface area (Å²) >= 11 is 0. The second-order valence-corrected chi connectivity index (χ2v) is 21.7. The van der Waals surface area contributed by atoms with E-state index >= 15 is 0 Å². The van der Waals surface area contributed by atoms with E-state index in [2.05, 4.69) is 63.2 Å². The van der Waals surface area contributed by atoms with Gasteiger partial charge in [-0.3, -0.25) is 4.79 Å². The summed E-state index contributed by atoms with van der Waals surface area (Å²) in [5.41, 5.74) is 8.62. The highest BCUT2D eigenvalue weighted by Crippen LogP contribution is 2.76. The maximum Gasteiger partial charge on any atom is 0.250 e. The van der Waals surface area contributed by atoms with Gasteiger partial charge in [0.15, 0.2) is 9.84 Å². The van der Waals surface area contributed by atoms with E-state index in [0.717, 1.165) is 44.3 Å². The standard InChI is InChI=1S/C42H67N5O3S/c1-29(2)31-13-16-42(28-44-20-8-21-46-23-25-51(49,50)26-24-46)18-17-40(6)32(36(31)42)10-11-34-39(5)19-22-47(35-12-9-30(27-45-35)37(43)48)38(3,4)33(39)14-15-41(34,40)7/h9,12,27,31-34,36,44H,1,8,10-11,13-26,28H2,2-7H3,(H2,43,48)/t31-,32+,33-,34+,36+,39-,40+,41+,42+/m0/s1. The van der Waals surface area contributed by atoms with Crippen LogP contribution in [0.3, 0.4) is 0 Å². The molecule has 4 saturated carbocycles. The highest BCUT2D eigenvalue weighted by atomic mass is 32.2. The van der Waals surface area contributed by atoms with Crippen LogP contribution in [-0.2, 0) is 9.84 Å². The third-order valence-corrected chi connectivity index (χ3v) is 18.6. The van der Waals surface area contributed by atoms with Crippen molar-refractivity contribution in [3.63, 3.8) is 0 Å². The van der Waals surface area contributed by atoms with Crippen molar-refractivity contribution >= 4 is 21.6 Å². The van der Waals surface area contributed by atoms with Gasteiger partial charge in [0.1, 0.15) is 5.82 Å². The molecule has 284 valence electrons. The number of hydrogen-bond donors (Lipinski definition) is 2. The Morgan fingerprint density at radius 1 is 0.941 bits per heavy atom.